The van der Waals surface area contributed by atoms with E-state index in [1.165, 1.54) is 18.2 Å². The van der Waals surface area contributed by atoms with E-state index in [0.717, 1.165) is 5.69 Å². The van der Waals surface area contributed by atoms with Gasteiger partial charge < -0.3 is 9.88 Å². The van der Waals surface area contributed by atoms with Crippen molar-refractivity contribution in [2.24, 2.45) is 0 Å². The van der Waals surface area contributed by atoms with Crippen molar-refractivity contribution < 1.29 is 18.0 Å². The average molecular weight is 427 g/mol. The van der Waals surface area contributed by atoms with E-state index in [4.69, 9.17) is 0 Å². The molecule has 0 radical (unpaired) electrons. The number of rotatable bonds is 7. The van der Waals surface area contributed by atoms with E-state index in [9.17, 15) is 18.0 Å². The first kappa shape index (κ1) is 20.6. The van der Waals surface area contributed by atoms with Gasteiger partial charge >= 0.3 is 0 Å². The number of aromatic nitrogens is 4. The van der Waals surface area contributed by atoms with E-state index in [1.807, 2.05) is 6.07 Å². The minimum Gasteiger partial charge on any atom is -0.342 e. The number of carbonyl (C=O) groups is 1. The van der Waals surface area contributed by atoms with Crippen molar-refractivity contribution in [3.05, 3.63) is 71.4 Å². The van der Waals surface area contributed by atoms with Crippen LogP contribution in [0.5, 0.6) is 0 Å². The fraction of sp³-hybridized carbons (Fsp3) is 0.227. The molecular weight excluding hydrogens is 407 g/mol. The smallest absolute Gasteiger partial charge is 0.295 e. The molecule has 4 aromatic rings. The van der Waals surface area contributed by atoms with Crippen LogP contribution >= 0.6 is 0 Å². The second-order valence-corrected chi connectivity index (χ2v) is 7.27. The molecule has 1 amide bonds. The molecule has 0 saturated heterocycles. The van der Waals surface area contributed by atoms with E-state index in [1.54, 1.807) is 36.2 Å². The predicted octanol–water partition coefficient (Wildman–Crippen LogP) is 4.73. The Morgan fingerprint density at radius 2 is 2.00 bits per heavy atom. The first-order valence-corrected chi connectivity index (χ1v) is 9.74. The Bertz CT molecular complexity index is 1220. The molecule has 0 aliphatic rings. The number of nitrogens with one attached hydrogen (secondary N) is 2. The van der Waals surface area contributed by atoms with Gasteiger partial charge in [0, 0.05) is 30.4 Å². The van der Waals surface area contributed by atoms with Crippen molar-refractivity contribution in [3.8, 4) is 11.3 Å². The Balaban J connectivity index is 1.35. The maximum atomic E-state index is 13.4. The highest BCUT2D eigenvalue weighted by molar-refractivity contribution is 5.97. The van der Waals surface area contributed by atoms with Gasteiger partial charge in [-0.2, -0.15) is 5.10 Å². The van der Waals surface area contributed by atoms with Crippen molar-refractivity contribution >= 4 is 16.9 Å². The molecule has 0 fully saturated rings. The number of halogens is 3. The molecule has 2 N–H and O–H groups in total. The molecule has 0 atom stereocenters. The van der Waals surface area contributed by atoms with Gasteiger partial charge in [-0.1, -0.05) is 12.1 Å². The number of nitrogens with zero attached hydrogens (tertiary/aromatic N) is 3. The van der Waals surface area contributed by atoms with Gasteiger partial charge in [0.15, 0.2) is 5.82 Å². The molecular formula is C22H20F3N5O. The highest BCUT2D eigenvalue weighted by Gasteiger charge is 2.16. The summed E-state index contributed by atoms with van der Waals surface area (Å²) in [6.07, 6.45) is -1.34. The predicted molar refractivity (Wildman–Crippen MR) is 110 cm³/mol. The van der Waals surface area contributed by atoms with Crippen LogP contribution in [0.15, 0.2) is 48.5 Å². The Morgan fingerprint density at radius 3 is 2.77 bits per heavy atom. The van der Waals surface area contributed by atoms with Crippen LogP contribution in [-0.2, 0) is 6.42 Å². The summed E-state index contributed by atoms with van der Waals surface area (Å²) in [5.41, 5.74) is 3.43. The minimum atomic E-state index is -2.70. The maximum Gasteiger partial charge on any atom is 0.295 e. The van der Waals surface area contributed by atoms with Crippen molar-refractivity contribution in [2.75, 3.05) is 13.6 Å². The topological polar surface area (TPSA) is 77.7 Å². The molecule has 2 heterocycles. The summed E-state index contributed by atoms with van der Waals surface area (Å²) in [6.45, 7) is 0.496. The molecule has 4 rings (SSSR count). The number of H-pyrrole nitrogens is 2. The van der Waals surface area contributed by atoms with Crippen molar-refractivity contribution in [3.63, 3.8) is 0 Å². The lowest BCUT2D eigenvalue weighted by molar-refractivity contribution is 0.0793. The quantitative estimate of drug-likeness (QED) is 0.447. The summed E-state index contributed by atoms with van der Waals surface area (Å²) < 4.78 is 39.0. The molecule has 2 aromatic heterocycles. The Hall–Kier alpha value is -3.62. The summed E-state index contributed by atoms with van der Waals surface area (Å²) in [5.74, 6) is -0.939. The SMILES string of the molecule is CN(CCCc1cc(-c2cccc(F)c2)n[nH]1)C(=O)c1ccc2nc(C(F)F)[nH]c2c1. The second kappa shape index (κ2) is 8.63. The lowest BCUT2D eigenvalue weighted by atomic mass is 10.1. The van der Waals surface area contributed by atoms with E-state index >= 15 is 0 Å². The van der Waals surface area contributed by atoms with Crippen LogP contribution in [0, 0.1) is 5.82 Å². The Morgan fingerprint density at radius 1 is 1.16 bits per heavy atom. The number of amides is 1. The number of hydrogen-bond donors (Lipinski definition) is 2. The number of hydrogen-bond acceptors (Lipinski definition) is 3. The zero-order valence-electron chi connectivity index (χ0n) is 16.7. The third kappa shape index (κ3) is 4.60. The molecule has 6 nitrogen and oxygen atoms in total. The second-order valence-electron chi connectivity index (χ2n) is 7.27. The third-order valence-electron chi connectivity index (χ3n) is 4.99. The van der Waals surface area contributed by atoms with Gasteiger partial charge in [-0.15, -0.1) is 0 Å². The summed E-state index contributed by atoms with van der Waals surface area (Å²) in [7, 11) is 1.69. The van der Waals surface area contributed by atoms with E-state index in [0.29, 0.717) is 47.2 Å². The van der Waals surface area contributed by atoms with E-state index in [-0.39, 0.29) is 11.7 Å². The first-order valence-electron chi connectivity index (χ1n) is 9.74. The number of benzene rings is 2. The number of aryl methyl sites for hydroxylation is 1. The molecule has 0 saturated carbocycles. The maximum absolute atomic E-state index is 13.4. The van der Waals surface area contributed by atoms with Crippen LogP contribution in [0.4, 0.5) is 13.2 Å². The standard InChI is InChI=1S/C22H20F3N5O/c1-30(22(31)14-7-8-17-19(11-14)27-21(26-17)20(24)25)9-3-6-16-12-18(29-28-16)13-4-2-5-15(23)10-13/h2,4-5,7-8,10-12,20H,3,6,9H2,1H3,(H,26,27)(H,28,29). The van der Waals surface area contributed by atoms with Crippen molar-refractivity contribution in [2.45, 2.75) is 19.3 Å². The summed E-state index contributed by atoms with van der Waals surface area (Å²) in [4.78, 5) is 20.6. The van der Waals surface area contributed by atoms with E-state index in [2.05, 4.69) is 20.2 Å². The van der Waals surface area contributed by atoms with E-state index < -0.39 is 12.2 Å². The zero-order valence-corrected chi connectivity index (χ0v) is 16.7. The molecule has 31 heavy (non-hydrogen) atoms. The minimum absolute atomic E-state index is 0.208. The molecule has 0 aliphatic heterocycles. The lowest BCUT2D eigenvalue weighted by Crippen LogP contribution is -2.28. The molecule has 0 bridgehead atoms. The average Bonchev–Trinajstić information content (AvgIpc) is 3.40. The largest absolute Gasteiger partial charge is 0.342 e. The van der Waals surface area contributed by atoms with Gasteiger partial charge in [0.25, 0.3) is 12.3 Å². The Labute approximate surface area is 176 Å². The summed E-state index contributed by atoms with van der Waals surface area (Å²) in [6, 6.07) is 12.8. The van der Waals surface area contributed by atoms with Crippen LogP contribution < -0.4 is 0 Å². The van der Waals surface area contributed by atoms with Crippen molar-refractivity contribution in [1.82, 2.24) is 25.1 Å². The monoisotopic (exact) mass is 427 g/mol. The van der Waals surface area contributed by atoms with Gasteiger partial charge in [0.1, 0.15) is 5.82 Å². The molecule has 2 aromatic carbocycles. The number of fused-ring (bicyclic) bond motifs is 1. The van der Waals surface area contributed by atoms with Gasteiger partial charge in [-0.05, 0) is 49.2 Å². The summed E-state index contributed by atoms with van der Waals surface area (Å²) >= 11 is 0. The lowest BCUT2D eigenvalue weighted by Gasteiger charge is -2.17. The molecule has 160 valence electrons. The van der Waals surface area contributed by atoms with Gasteiger partial charge in [0.05, 0.1) is 16.7 Å². The zero-order chi connectivity index (χ0) is 22.0. The fourth-order valence-electron chi connectivity index (χ4n) is 3.38. The van der Waals surface area contributed by atoms with Crippen LogP contribution in [0.3, 0.4) is 0 Å². The van der Waals surface area contributed by atoms with Crippen LogP contribution in [0.1, 0.15) is 34.7 Å². The van der Waals surface area contributed by atoms with Crippen LogP contribution in [0.25, 0.3) is 22.3 Å². The number of alkyl halides is 2. The Kier molecular flexibility index (Phi) is 5.75. The highest BCUT2D eigenvalue weighted by atomic mass is 19.3. The number of aromatic amines is 2. The fourth-order valence-corrected chi connectivity index (χ4v) is 3.38. The molecule has 0 spiro atoms. The van der Waals surface area contributed by atoms with Gasteiger partial charge in [0.2, 0.25) is 0 Å². The number of carbonyl (C=O) groups excluding carboxylic acids is 1. The third-order valence-corrected chi connectivity index (χ3v) is 4.99. The van der Waals surface area contributed by atoms with Gasteiger partial charge in [-0.25, -0.2) is 18.2 Å². The molecule has 9 heteroatoms. The van der Waals surface area contributed by atoms with Crippen LogP contribution in [-0.4, -0.2) is 44.6 Å². The normalized spacial score (nSPS) is 11.4. The number of imidazole rings is 1. The van der Waals surface area contributed by atoms with Crippen molar-refractivity contribution in [1.29, 1.82) is 0 Å². The first-order chi connectivity index (χ1) is 14.9. The summed E-state index contributed by atoms with van der Waals surface area (Å²) in [5, 5.41) is 7.16. The van der Waals surface area contributed by atoms with Crippen LogP contribution in [0.2, 0.25) is 0 Å². The van der Waals surface area contributed by atoms with Gasteiger partial charge in [-0.3, -0.25) is 9.89 Å². The molecule has 0 unspecified atom stereocenters. The highest BCUT2D eigenvalue weighted by Crippen LogP contribution is 2.22. The molecule has 0 aliphatic carbocycles.